The van der Waals surface area contributed by atoms with Gasteiger partial charge in [0.2, 0.25) is 22.8 Å². The Balaban J connectivity index is 0.000000124. The van der Waals surface area contributed by atoms with E-state index >= 15 is 0 Å². The Kier molecular flexibility index (Phi) is 19.0. The van der Waals surface area contributed by atoms with Gasteiger partial charge in [0.1, 0.15) is 35.2 Å². The Labute approximate surface area is 665 Å². The highest BCUT2D eigenvalue weighted by Gasteiger charge is 2.61. The number of hydrogen-bond acceptors (Lipinski definition) is 0. The highest BCUT2D eigenvalue weighted by Crippen LogP contribution is 2.68. The molecule has 0 amide bonds. The monoisotopic (exact) mass is 1460 g/mol. The van der Waals surface area contributed by atoms with E-state index in [1.807, 2.05) is 20.0 Å². The molecule has 9 aromatic rings. The minimum atomic E-state index is -2.09. The summed E-state index contributed by atoms with van der Waals surface area (Å²) in [6, 6.07) is 42.0. The fourth-order valence-electron chi connectivity index (χ4n) is 23.5. The summed E-state index contributed by atoms with van der Waals surface area (Å²) in [7, 11) is 10.8. The second-order valence-electron chi connectivity index (χ2n) is 40.2. The summed E-state index contributed by atoms with van der Waals surface area (Å²) in [6.07, 6.45) is 23.8. The number of rotatable bonds is 5. The molecule has 5 heterocycles. The van der Waals surface area contributed by atoms with Gasteiger partial charge in [-0.2, -0.15) is 0 Å². The van der Waals surface area contributed by atoms with Crippen LogP contribution in [0.1, 0.15) is 272 Å². The first-order valence-electron chi connectivity index (χ1n) is 43.2. The molecule has 4 aromatic heterocycles. The van der Waals surface area contributed by atoms with Gasteiger partial charge in [-0.1, -0.05) is 192 Å². The number of benzene rings is 5. The van der Waals surface area contributed by atoms with Gasteiger partial charge in [-0.3, -0.25) is 0 Å². The molecule has 5 heteroatoms. The molecule has 572 valence electrons. The van der Waals surface area contributed by atoms with Gasteiger partial charge in [0, 0.05) is 85.2 Å². The predicted octanol–water partition coefficient (Wildman–Crippen LogP) is 23.2. The van der Waals surface area contributed by atoms with Gasteiger partial charge in [-0.05, 0) is 269 Å². The predicted molar refractivity (Wildman–Crippen MR) is 458 cm³/mol. The topological polar surface area (TPSA) is 18.5 Å². The van der Waals surface area contributed by atoms with Crippen LogP contribution in [-0.4, -0.2) is 17.3 Å². The van der Waals surface area contributed by atoms with E-state index in [9.17, 15) is 1.37 Å². The SMILES string of the molecule is Cc1ccc(-c2c3c(cc[n+]2C)C(C)(C)CC3(C)C)c(C)c1.Cc1ccc(-c2c3c(cc[n+]2C)C(C)(C)CC3(C)C)c(C)c1.Cc1ccc(-c2cc3c(c[n+]2C)C(C)(C)CC3(C)C)c(C)c1.Cc1ccc(C2=[N+](C)C=CC3C4CCC(C4)C23)c(C)c1.[2H]C([2H])([2H])c1ccc(-c2cc3c(c[n+]2C)C2(C)CCC3([2H])C2(C)C)c(C)c1. The molecule has 0 N–H and O–H groups in total. The average molecular weight is 1460 g/mol. The molecule has 3 fully saturated rings. The van der Waals surface area contributed by atoms with Crippen molar-refractivity contribution in [3.8, 4) is 45.0 Å². The van der Waals surface area contributed by atoms with Gasteiger partial charge >= 0.3 is 0 Å². The van der Waals surface area contributed by atoms with Crippen molar-refractivity contribution in [2.24, 2.45) is 57.3 Å². The average Bonchev–Trinajstić information content (AvgIpc) is 1.50. The summed E-state index contributed by atoms with van der Waals surface area (Å²) in [5.41, 5.74) is 38.5. The normalized spacial score (nSPS) is 24.6. The second kappa shape index (κ2) is 28.1. The summed E-state index contributed by atoms with van der Waals surface area (Å²) in [5, 5.41) is 0. The Morgan fingerprint density at radius 2 is 0.780 bits per heavy atom. The molecule has 8 aliphatic rings. The van der Waals surface area contributed by atoms with Crippen molar-refractivity contribution in [1.82, 2.24) is 0 Å². The van der Waals surface area contributed by atoms with Crippen molar-refractivity contribution < 1.29 is 28.3 Å². The van der Waals surface area contributed by atoms with Crippen molar-refractivity contribution in [3.63, 3.8) is 0 Å². The highest BCUT2D eigenvalue weighted by molar-refractivity contribution is 6.01. The third-order valence-corrected chi connectivity index (χ3v) is 28.3. The molecular formula is C104H136N5+5. The maximum Gasteiger partial charge on any atom is 0.216 e. The van der Waals surface area contributed by atoms with Crippen LogP contribution in [0.2, 0.25) is 0 Å². The molecule has 0 radical (unpaired) electrons. The van der Waals surface area contributed by atoms with Crippen LogP contribution in [0.5, 0.6) is 0 Å². The minimum absolute atomic E-state index is 0.0283. The molecule has 5 aromatic carbocycles. The van der Waals surface area contributed by atoms with Gasteiger partial charge in [-0.15, -0.1) is 0 Å². The van der Waals surface area contributed by atoms with Crippen LogP contribution >= 0.6 is 0 Å². The molecule has 17 rings (SSSR count). The standard InChI is InChI=1S/C22H28N.3C21H28N.C19H24N/c1-14-7-8-16(15(2)11-14)20-12-17-18-9-10-22(5,21(18,3)4)19(17)13-23(20)6;1-14-8-9-16(15(2)10-14)19-11-17-18(12-22(19)7)21(5,6)13-20(17,3)4;2*1-14-8-9-16(15(2)12-14)19-18-17(10-11-22(19)7)20(3,4)13-21(18,5)6;1-12-4-7-16(13(2)10-12)19-18-15-6-5-14(11-15)17(18)8-9-20(19)3/h7-8,11-13,18H,9-10H2,1-6H3;3*8-12H,13H2,1-7H3;4,7-10,14-15,17-18H,5-6,11H2,1-3H3/q5*+1/i1D3,18D;;;;. The molecule has 6 atom stereocenters. The number of allylic oxidation sites excluding steroid dienone is 1. The van der Waals surface area contributed by atoms with Crippen molar-refractivity contribution in [3.05, 3.63) is 258 Å². The number of nitrogens with zero attached hydrogens (tertiary/aromatic N) is 5. The highest BCUT2D eigenvalue weighted by atomic mass is 15.0. The maximum absolute atomic E-state index is 9.30. The van der Waals surface area contributed by atoms with Gasteiger partial charge in [0.05, 0.1) is 5.92 Å². The maximum atomic E-state index is 9.30. The molecule has 3 saturated carbocycles. The second-order valence-corrected chi connectivity index (χ2v) is 40.2. The molecule has 109 heavy (non-hydrogen) atoms. The lowest BCUT2D eigenvalue weighted by molar-refractivity contribution is -0.661. The van der Waals surface area contributed by atoms with Crippen molar-refractivity contribution in [2.75, 3.05) is 7.05 Å². The zero-order valence-electron chi connectivity index (χ0n) is 76.6. The van der Waals surface area contributed by atoms with Gasteiger partial charge in [0.15, 0.2) is 36.7 Å². The van der Waals surface area contributed by atoms with Crippen molar-refractivity contribution in [1.29, 1.82) is 0 Å². The Morgan fingerprint density at radius 3 is 1.25 bits per heavy atom. The van der Waals surface area contributed by atoms with Crippen LogP contribution in [0.3, 0.4) is 0 Å². The summed E-state index contributed by atoms with van der Waals surface area (Å²) < 4.78 is 43.7. The fourth-order valence-corrected chi connectivity index (χ4v) is 23.5. The molecule has 1 aliphatic heterocycles. The van der Waals surface area contributed by atoms with Crippen LogP contribution in [0.25, 0.3) is 45.0 Å². The van der Waals surface area contributed by atoms with E-state index in [1.165, 1.54) is 161 Å². The molecule has 0 saturated heterocycles. The van der Waals surface area contributed by atoms with Gasteiger partial charge in [-0.25, -0.2) is 22.8 Å². The lowest BCUT2D eigenvalue weighted by Gasteiger charge is -2.34. The summed E-state index contributed by atoms with van der Waals surface area (Å²) >= 11 is 0. The number of hydrogen-bond donors (Lipinski definition) is 0. The van der Waals surface area contributed by atoms with E-state index in [0.29, 0.717) is 5.56 Å². The van der Waals surface area contributed by atoms with E-state index in [4.69, 9.17) is 4.11 Å². The van der Waals surface area contributed by atoms with E-state index in [2.05, 4.69) is 344 Å². The Hall–Kier alpha value is -7.89. The van der Waals surface area contributed by atoms with Crippen LogP contribution in [0, 0.1) is 98.3 Å². The lowest BCUT2D eigenvalue weighted by Crippen LogP contribution is -2.36. The first-order valence-corrected chi connectivity index (χ1v) is 41.2. The molecular weight excluding hydrogens is 1320 g/mol. The third-order valence-electron chi connectivity index (χ3n) is 28.3. The summed E-state index contributed by atoms with van der Waals surface area (Å²) in [5.74, 6) is 2.89. The minimum Gasteiger partial charge on any atom is -0.205 e. The first kappa shape index (κ1) is 73.9. The van der Waals surface area contributed by atoms with Crippen molar-refractivity contribution in [2.45, 2.75) is 268 Å². The van der Waals surface area contributed by atoms with Crippen molar-refractivity contribution >= 4 is 5.71 Å². The zero-order valence-corrected chi connectivity index (χ0v) is 72.6. The Bertz CT molecular complexity index is 5230. The van der Waals surface area contributed by atoms with Crippen LogP contribution in [0.15, 0.2) is 152 Å². The summed E-state index contributed by atoms with van der Waals surface area (Å²) in [4.78, 5) is 0. The number of fused-ring (bicyclic) bond motifs is 13. The Morgan fingerprint density at radius 1 is 0.385 bits per heavy atom. The van der Waals surface area contributed by atoms with E-state index in [1.54, 1.807) is 17.8 Å². The van der Waals surface area contributed by atoms with E-state index in [0.717, 1.165) is 58.9 Å². The van der Waals surface area contributed by atoms with E-state index < -0.39 is 12.7 Å². The van der Waals surface area contributed by atoms with Crippen LogP contribution in [-0.2, 0) is 66.1 Å². The molecule has 6 unspecified atom stereocenters. The fraction of sp³-hybridized carbons (Fsp3) is 0.490. The first-order chi connectivity index (χ1) is 52.4. The van der Waals surface area contributed by atoms with Gasteiger partial charge < -0.3 is 0 Å². The lowest BCUT2D eigenvalue weighted by atomic mass is 9.69. The van der Waals surface area contributed by atoms with Crippen LogP contribution in [0.4, 0.5) is 0 Å². The zero-order chi connectivity index (χ0) is 82.7. The smallest absolute Gasteiger partial charge is 0.205 e. The largest absolute Gasteiger partial charge is 0.216 e. The number of pyridine rings is 4. The van der Waals surface area contributed by atoms with Gasteiger partial charge in [0.25, 0.3) is 0 Å². The molecule has 5 nitrogen and oxygen atoms in total. The quantitative estimate of drug-likeness (QED) is 0.153. The third kappa shape index (κ3) is 14.0. The molecule has 7 aliphatic carbocycles. The van der Waals surface area contributed by atoms with Crippen LogP contribution < -0.4 is 18.3 Å². The molecule has 4 bridgehead atoms. The molecule has 0 spiro atoms. The van der Waals surface area contributed by atoms with E-state index in [-0.39, 0.29) is 43.3 Å². The number of aryl methyl sites for hydroxylation is 14. The summed E-state index contributed by atoms with van der Waals surface area (Å²) in [6.45, 7) is 52.9. The number of aromatic nitrogens is 4.